The Labute approximate surface area is 241 Å². The second-order valence-electron chi connectivity index (χ2n) is 9.31. The zero-order valence-electron chi connectivity index (χ0n) is 22.3. The second kappa shape index (κ2) is 12.7. The number of aryl methyl sites for hydroxylation is 1. The average molecular weight is 597 g/mol. The first-order valence-corrected chi connectivity index (χ1v) is 13.9. The highest BCUT2D eigenvalue weighted by atomic mass is 32.2. The molecule has 218 valence electrons. The Morgan fingerprint density at radius 1 is 1.00 bits per heavy atom. The Kier molecular flexibility index (Phi) is 8.78. The van der Waals surface area contributed by atoms with Crippen LogP contribution < -0.4 is 19.8 Å². The van der Waals surface area contributed by atoms with Gasteiger partial charge in [-0.05, 0) is 66.6 Å². The largest absolute Gasteiger partial charge is 0.491 e. The van der Waals surface area contributed by atoms with Crippen molar-refractivity contribution in [3.05, 3.63) is 100 Å². The predicted octanol–water partition coefficient (Wildman–Crippen LogP) is 5.18. The van der Waals surface area contributed by atoms with Gasteiger partial charge in [0.15, 0.2) is 11.6 Å². The van der Waals surface area contributed by atoms with Gasteiger partial charge in [0.1, 0.15) is 35.3 Å². The van der Waals surface area contributed by atoms with E-state index in [0.717, 1.165) is 11.6 Å². The Morgan fingerprint density at radius 3 is 2.48 bits per heavy atom. The lowest BCUT2D eigenvalue weighted by Gasteiger charge is -2.15. The number of fused-ring (bicyclic) bond motifs is 1. The van der Waals surface area contributed by atoms with Gasteiger partial charge < -0.3 is 23.6 Å². The molecule has 2 heterocycles. The molecule has 5 aromatic rings. The molecule has 0 bridgehead atoms. The van der Waals surface area contributed by atoms with Crippen molar-refractivity contribution in [2.24, 2.45) is 7.05 Å². The molecule has 2 aromatic heterocycles. The molecule has 5 rings (SSSR count). The Bertz CT molecular complexity index is 1820. The third-order valence-electron chi connectivity index (χ3n) is 6.44. The van der Waals surface area contributed by atoms with Gasteiger partial charge in [-0.25, -0.2) is 17.7 Å². The molecule has 0 radical (unpaired) electrons. The number of benzene rings is 3. The van der Waals surface area contributed by atoms with Crippen molar-refractivity contribution in [2.75, 3.05) is 19.8 Å². The summed E-state index contributed by atoms with van der Waals surface area (Å²) in [4.78, 5) is 13.1. The summed E-state index contributed by atoms with van der Waals surface area (Å²) in [6, 6.07) is 16.7. The lowest BCUT2D eigenvalue weighted by atomic mass is 10.0. The highest BCUT2D eigenvalue weighted by Gasteiger charge is 2.20. The fraction of sp³-hybridized carbons (Fsp3) is 0.167. The zero-order valence-corrected chi connectivity index (χ0v) is 23.1. The molecule has 0 saturated carbocycles. The Balaban J connectivity index is 1.63. The van der Waals surface area contributed by atoms with E-state index < -0.39 is 22.9 Å². The summed E-state index contributed by atoms with van der Waals surface area (Å²) in [6.07, 6.45) is 1.95. The van der Waals surface area contributed by atoms with Crippen LogP contribution in [-0.4, -0.2) is 38.2 Å². The Hall–Kier alpha value is -4.36. The molecule has 0 aliphatic carbocycles. The van der Waals surface area contributed by atoms with Gasteiger partial charge in [0.05, 0.1) is 12.0 Å². The number of hydrogen-bond donors (Lipinski definition) is 3. The van der Waals surface area contributed by atoms with Crippen molar-refractivity contribution < 1.29 is 36.5 Å². The minimum atomic E-state index is -2.18. The van der Waals surface area contributed by atoms with Crippen LogP contribution >= 0.6 is 0 Å². The number of aromatic nitrogens is 1. The summed E-state index contributed by atoms with van der Waals surface area (Å²) >= 11 is -2.18. The van der Waals surface area contributed by atoms with Crippen LogP contribution in [0.4, 0.5) is 8.78 Å². The highest BCUT2D eigenvalue weighted by molar-refractivity contribution is 7.77. The number of aliphatic hydroxyl groups is 1. The third-order valence-corrected chi connectivity index (χ3v) is 6.89. The molecule has 42 heavy (non-hydrogen) atoms. The number of hydrogen-bond acceptors (Lipinski definition) is 6. The van der Waals surface area contributed by atoms with Crippen LogP contribution in [0.15, 0.2) is 82.1 Å². The summed E-state index contributed by atoms with van der Waals surface area (Å²) in [5.41, 5.74) is 2.32. The van der Waals surface area contributed by atoms with Crippen LogP contribution in [0.5, 0.6) is 17.2 Å². The number of nitrogens with zero attached hydrogens (tertiary/aromatic N) is 1. The van der Waals surface area contributed by atoms with E-state index in [0.29, 0.717) is 46.1 Å². The van der Waals surface area contributed by atoms with Crippen molar-refractivity contribution in [2.45, 2.75) is 6.42 Å². The first-order valence-electron chi connectivity index (χ1n) is 12.8. The van der Waals surface area contributed by atoms with Gasteiger partial charge in [0.2, 0.25) is 11.3 Å². The molecule has 9 nitrogen and oxygen atoms in total. The SMILES string of the molecule is Cn1cc(-c2cc(CCNS(=O)O)ccc2Oc2ccc(F)cc2F)c2oc(-c3ccc(OCCO)cc3)cc2c1=O. The van der Waals surface area contributed by atoms with Gasteiger partial charge in [-0.15, -0.1) is 0 Å². The molecule has 0 spiro atoms. The smallest absolute Gasteiger partial charge is 0.261 e. The molecule has 1 atom stereocenters. The van der Waals surface area contributed by atoms with Gasteiger partial charge >= 0.3 is 0 Å². The van der Waals surface area contributed by atoms with E-state index in [2.05, 4.69) is 4.72 Å². The summed E-state index contributed by atoms with van der Waals surface area (Å²) in [6.45, 7) is 0.235. The van der Waals surface area contributed by atoms with E-state index >= 15 is 0 Å². The predicted molar refractivity (Wildman–Crippen MR) is 154 cm³/mol. The zero-order chi connectivity index (χ0) is 29.8. The molecule has 0 aliphatic rings. The average Bonchev–Trinajstić information content (AvgIpc) is 3.42. The minimum absolute atomic E-state index is 0.116. The number of pyridine rings is 1. The van der Waals surface area contributed by atoms with Gasteiger partial charge in [-0.3, -0.25) is 9.35 Å². The van der Waals surface area contributed by atoms with Crippen molar-refractivity contribution in [1.82, 2.24) is 9.29 Å². The van der Waals surface area contributed by atoms with Crippen LogP contribution in [0.3, 0.4) is 0 Å². The molecule has 12 heteroatoms. The van der Waals surface area contributed by atoms with E-state index in [4.69, 9.17) is 23.6 Å². The van der Waals surface area contributed by atoms with Crippen LogP contribution in [0.1, 0.15) is 5.56 Å². The van der Waals surface area contributed by atoms with Crippen molar-refractivity contribution in [1.29, 1.82) is 0 Å². The number of ether oxygens (including phenoxy) is 2. The molecule has 1 unspecified atom stereocenters. The third kappa shape index (κ3) is 6.42. The van der Waals surface area contributed by atoms with Crippen LogP contribution in [0.2, 0.25) is 0 Å². The monoisotopic (exact) mass is 596 g/mol. The van der Waals surface area contributed by atoms with Crippen molar-refractivity contribution >= 4 is 22.2 Å². The fourth-order valence-electron chi connectivity index (χ4n) is 4.46. The molecule has 3 aromatic carbocycles. The van der Waals surface area contributed by atoms with E-state index in [-0.39, 0.29) is 42.4 Å². The second-order valence-corrected chi connectivity index (χ2v) is 10.1. The van der Waals surface area contributed by atoms with Crippen molar-refractivity contribution in [3.8, 4) is 39.7 Å². The van der Waals surface area contributed by atoms with Crippen LogP contribution in [-0.2, 0) is 24.7 Å². The standard InChI is InChI=1S/C30H26F2N2O7S/c1-34-17-24(29-23(30(34)36)16-28(41-29)19-3-6-21(7-4-19)39-13-12-35)22-14-18(10-11-33-42(37)38)2-8-26(22)40-27-9-5-20(31)15-25(27)32/h2-9,14-17,33,35H,10-13H2,1H3,(H,37,38). The van der Waals surface area contributed by atoms with Gasteiger partial charge in [-0.1, -0.05) is 6.07 Å². The number of nitrogens with one attached hydrogen (secondary N) is 1. The van der Waals surface area contributed by atoms with Crippen LogP contribution in [0.25, 0.3) is 33.4 Å². The first-order chi connectivity index (χ1) is 20.2. The van der Waals surface area contributed by atoms with Crippen molar-refractivity contribution in [3.63, 3.8) is 0 Å². The molecular weight excluding hydrogens is 570 g/mol. The van der Waals surface area contributed by atoms with E-state index in [9.17, 15) is 17.8 Å². The quantitative estimate of drug-likeness (QED) is 0.180. The number of rotatable bonds is 11. The molecule has 0 fully saturated rings. The van der Waals surface area contributed by atoms with Gasteiger partial charge in [0.25, 0.3) is 5.56 Å². The Morgan fingerprint density at radius 2 is 1.76 bits per heavy atom. The molecular formula is C30H26F2N2O7S. The first kappa shape index (κ1) is 29.1. The highest BCUT2D eigenvalue weighted by Crippen LogP contribution is 2.40. The van der Waals surface area contributed by atoms with E-state index in [1.54, 1.807) is 61.8 Å². The molecule has 0 amide bonds. The normalized spacial score (nSPS) is 12.0. The fourth-order valence-corrected chi connectivity index (χ4v) is 4.73. The van der Waals surface area contributed by atoms with Gasteiger partial charge in [0, 0.05) is 42.5 Å². The summed E-state index contributed by atoms with van der Waals surface area (Å²) in [7, 11) is 1.59. The lowest BCUT2D eigenvalue weighted by Crippen LogP contribution is -2.19. The summed E-state index contributed by atoms with van der Waals surface area (Å²) < 4.78 is 69.5. The maximum atomic E-state index is 14.5. The number of halogens is 2. The summed E-state index contributed by atoms with van der Waals surface area (Å²) in [5.74, 6) is -0.650. The molecule has 0 saturated heterocycles. The topological polar surface area (TPSA) is 123 Å². The summed E-state index contributed by atoms with van der Waals surface area (Å²) in [5, 5.41) is 9.28. The van der Waals surface area contributed by atoms with E-state index in [1.165, 1.54) is 10.6 Å². The minimum Gasteiger partial charge on any atom is -0.491 e. The number of aliphatic hydroxyl groups excluding tert-OH is 1. The maximum Gasteiger partial charge on any atom is 0.261 e. The van der Waals surface area contributed by atoms with Crippen LogP contribution in [0, 0.1) is 11.6 Å². The van der Waals surface area contributed by atoms with E-state index in [1.807, 2.05) is 0 Å². The number of furan rings is 1. The maximum absolute atomic E-state index is 14.5. The molecule has 3 N–H and O–H groups in total. The lowest BCUT2D eigenvalue weighted by molar-refractivity contribution is 0.201. The van der Waals surface area contributed by atoms with Gasteiger partial charge in [-0.2, -0.15) is 0 Å². The molecule has 0 aliphatic heterocycles.